The van der Waals surface area contributed by atoms with Crippen molar-refractivity contribution in [2.45, 2.75) is 65.0 Å². The molecule has 1 amide bonds. The minimum atomic E-state index is -0.0588. The second-order valence-corrected chi connectivity index (χ2v) is 6.04. The molecular weight excluding hydrogens is 264 g/mol. The van der Waals surface area contributed by atoms with Gasteiger partial charge in [-0.15, -0.1) is 0 Å². The predicted octanol–water partition coefficient (Wildman–Crippen LogP) is 2.75. The topological polar surface area (TPSA) is 58.1 Å². The van der Waals surface area contributed by atoms with Crippen molar-refractivity contribution in [2.75, 3.05) is 11.9 Å². The molecule has 116 valence electrons. The zero-order valence-corrected chi connectivity index (χ0v) is 13.5. The molecular formula is C16H26N4O. The van der Waals surface area contributed by atoms with Crippen LogP contribution in [-0.2, 0) is 4.79 Å². The Balaban J connectivity index is 2.12. The summed E-state index contributed by atoms with van der Waals surface area (Å²) in [6.45, 7) is 5.46. The summed E-state index contributed by atoms with van der Waals surface area (Å²) in [4.78, 5) is 22.5. The number of carbonyl (C=O) groups is 1. The Morgan fingerprint density at radius 2 is 2.05 bits per heavy atom. The lowest BCUT2D eigenvalue weighted by molar-refractivity contribution is -0.119. The van der Waals surface area contributed by atoms with Crippen LogP contribution in [0.15, 0.2) is 6.20 Å². The second-order valence-electron chi connectivity index (χ2n) is 6.04. The van der Waals surface area contributed by atoms with Gasteiger partial charge in [0.15, 0.2) is 0 Å². The molecule has 1 atom stereocenters. The summed E-state index contributed by atoms with van der Waals surface area (Å²) in [6, 6.07) is 0.494. The Hall–Kier alpha value is -1.65. The fourth-order valence-electron chi connectivity index (χ4n) is 3.07. The van der Waals surface area contributed by atoms with E-state index in [9.17, 15) is 4.79 Å². The number of hydrogen-bond acceptors (Lipinski definition) is 4. The molecule has 0 aromatic carbocycles. The molecule has 0 spiro atoms. The van der Waals surface area contributed by atoms with Crippen molar-refractivity contribution in [2.24, 2.45) is 0 Å². The third-order valence-electron chi connectivity index (χ3n) is 4.33. The van der Waals surface area contributed by atoms with E-state index in [4.69, 9.17) is 0 Å². The fourth-order valence-corrected chi connectivity index (χ4v) is 3.07. The van der Waals surface area contributed by atoms with Crippen LogP contribution in [0.2, 0.25) is 0 Å². The molecule has 1 N–H and O–H groups in total. The van der Waals surface area contributed by atoms with Crippen LogP contribution >= 0.6 is 0 Å². The number of aryl methyl sites for hydroxylation is 1. The van der Waals surface area contributed by atoms with Gasteiger partial charge in [-0.05, 0) is 26.7 Å². The predicted molar refractivity (Wildman–Crippen MR) is 84.3 cm³/mol. The van der Waals surface area contributed by atoms with Crippen LogP contribution in [-0.4, -0.2) is 29.0 Å². The summed E-state index contributed by atoms with van der Waals surface area (Å²) in [7, 11) is 2.09. The number of rotatable bonds is 4. The van der Waals surface area contributed by atoms with Crippen LogP contribution in [0.25, 0.3) is 0 Å². The molecule has 1 aliphatic rings. The molecule has 0 unspecified atom stereocenters. The highest BCUT2D eigenvalue weighted by Crippen LogP contribution is 2.25. The lowest BCUT2D eigenvalue weighted by Crippen LogP contribution is -2.35. The number of aromatic nitrogens is 2. The SMILES string of the molecule is CC(=O)N[C@@H](C)c1cnc(N(C)C2CCCCC2)nc1C. The summed E-state index contributed by atoms with van der Waals surface area (Å²) >= 11 is 0. The average molecular weight is 290 g/mol. The van der Waals surface area contributed by atoms with E-state index in [1.54, 1.807) is 0 Å². The van der Waals surface area contributed by atoms with Crippen molar-refractivity contribution in [3.63, 3.8) is 0 Å². The van der Waals surface area contributed by atoms with Gasteiger partial charge in [-0.1, -0.05) is 19.3 Å². The second kappa shape index (κ2) is 6.87. The van der Waals surface area contributed by atoms with Crippen molar-refractivity contribution in [1.82, 2.24) is 15.3 Å². The summed E-state index contributed by atoms with van der Waals surface area (Å²) in [5.41, 5.74) is 1.91. The largest absolute Gasteiger partial charge is 0.350 e. The maximum absolute atomic E-state index is 11.2. The number of anilines is 1. The smallest absolute Gasteiger partial charge is 0.225 e. The minimum Gasteiger partial charge on any atom is -0.350 e. The summed E-state index contributed by atoms with van der Waals surface area (Å²) in [5, 5.41) is 2.88. The summed E-state index contributed by atoms with van der Waals surface area (Å²) in [5.74, 6) is 0.753. The molecule has 0 aliphatic heterocycles. The van der Waals surface area contributed by atoms with Gasteiger partial charge in [0.1, 0.15) is 0 Å². The first-order valence-electron chi connectivity index (χ1n) is 7.82. The quantitative estimate of drug-likeness (QED) is 0.926. The van der Waals surface area contributed by atoms with E-state index in [2.05, 4.69) is 27.2 Å². The molecule has 1 fully saturated rings. The summed E-state index contributed by atoms with van der Waals surface area (Å²) in [6.07, 6.45) is 8.23. The van der Waals surface area contributed by atoms with Gasteiger partial charge < -0.3 is 10.2 Å². The van der Waals surface area contributed by atoms with Crippen molar-refractivity contribution in [3.8, 4) is 0 Å². The monoisotopic (exact) mass is 290 g/mol. The van der Waals surface area contributed by atoms with Gasteiger partial charge in [-0.25, -0.2) is 9.97 Å². The molecule has 1 aliphatic carbocycles. The Kier molecular flexibility index (Phi) is 5.15. The highest BCUT2D eigenvalue weighted by atomic mass is 16.1. The Labute approximate surface area is 127 Å². The Bertz CT molecular complexity index is 497. The molecule has 1 aromatic rings. The number of hydrogen-bond donors (Lipinski definition) is 1. The molecule has 5 nitrogen and oxygen atoms in total. The Morgan fingerprint density at radius 3 is 2.62 bits per heavy atom. The van der Waals surface area contributed by atoms with Gasteiger partial charge in [0.05, 0.1) is 6.04 Å². The first-order valence-corrected chi connectivity index (χ1v) is 7.82. The number of amides is 1. The van der Waals surface area contributed by atoms with Gasteiger partial charge in [0, 0.05) is 37.5 Å². The molecule has 0 radical (unpaired) electrons. The van der Waals surface area contributed by atoms with Gasteiger partial charge in [0.2, 0.25) is 11.9 Å². The lowest BCUT2D eigenvalue weighted by atomic mass is 9.95. The lowest BCUT2D eigenvalue weighted by Gasteiger charge is -2.31. The maximum atomic E-state index is 11.2. The van der Waals surface area contributed by atoms with Crippen LogP contribution in [0.5, 0.6) is 0 Å². The van der Waals surface area contributed by atoms with Crippen LogP contribution in [0.1, 0.15) is 63.3 Å². The zero-order chi connectivity index (χ0) is 15.4. The van der Waals surface area contributed by atoms with Crippen molar-refractivity contribution in [3.05, 3.63) is 17.5 Å². The van der Waals surface area contributed by atoms with E-state index in [0.717, 1.165) is 17.2 Å². The van der Waals surface area contributed by atoms with E-state index in [1.807, 2.05) is 20.0 Å². The van der Waals surface area contributed by atoms with E-state index in [-0.39, 0.29) is 11.9 Å². The summed E-state index contributed by atoms with van der Waals surface area (Å²) < 4.78 is 0. The van der Waals surface area contributed by atoms with Gasteiger partial charge in [-0.3, -0.25) is 4.79 Å². The molecule has 1 aromatic heterocycles. The van der Waals surface area contributed by atoms with Crippen LogP contribution in [0, 0.1) is 6.92 Å². The third kappa shape index (κ3) is 3.93. The molecule has 1 heterocycles. The molecule has 5 heteroatoms. The van der Waals surface area contributed by atoms with Crippen LogP contribution < -0.4 is 10.2 Å². The van der Waals surface area contributed by atoms with Crippen LogP contribution in [0.3, 0.4) is 0 Å². The van der Waals surface area contributed by atoms with Gasteiger partial charge in [-0.2, -0.15) is 0 Å². The molecule has 1 saturated carbocycles. The Morgan fingerprint density at radius 1 is 1.38 bits per heavy atom. The highest BCUT2D eigenvalue weighted by molar-refractivity contribution is 5.73. The standard InChI is InChI=1S/C16H26N4O/c1-11(18-13(3)21)15-10-17-16(19-12(15)2)20(4)14-8-6-5-7-9-14/h10-11,14H,5-9H2,1-4H3,(H,18,21)/t11-/m0/s1. The number of nitrogens with zero attached hydrogens (tertiary/aromatic N) is 3. The molecule has 0 bridgehead atoms. The number of nitrogens with one attached hydrogen (secondary N) is 1. The van der Waals surface area contributed by atoms with E-state index in [0.29, 0.717) is 6.04 Å². The first kappa shape index (κ1) is 15.7. The van der Waals surface area contributed by atoms with Crippen molar-refractivity contribution >= 4 is 11.9 Å². The van der Waals surface area contributed by atoms with Gasteiger partial charge in [0.25, 0.3) is 0 Å². The van der Waals surface area contributed by atoms with E-state index in [1.165, 1.54) is 39.0 Å². The van der Waals surface area contributed by atoms with Crippen LogP contribution in [0.4, 0.5) is 5.95 Å². The zero-order valence-electron chi connectivity index (χ0n) is 13.5. The van der Waals surface area contributed by atoms with Crippen molar-refractivity contribution in [1.29, 1.82) is 0 Å². The molecule has 21 heavy (non-hydrogen) atoms. The van der Waals surface area contributed by atoms with Gasteiger partial charge >= 0.3 is 0 Å². The molecule has 2 rings (SSSR count). The average Bonchev–Trinajstić information content (AvgIpc) is 2.46. The highest BCUT2D eigenvalue weighted by Gasteiger charge is 2.21. The minimum absolute atomic E-state index is 0.0368. The molecule has 0 saturated heterocycles. The number of carbonyl (C=O) groups excluding carboxylic acids is 1. The first-order chi connectivity index (χ1) is 9.99. The normalized spacial score (nSPS) is 17.3. The fraction of sp³-hybridized carbons (Fsp3) is 0.688. The van der Waals surface area contributed by atoms with E-state index < -0.39 is 0 Å². The maximum Gasteiger partial charge on any atom is 0.225 e. The van der Waals surface area contributed by atoms with Crippen molar-refractivity contribution < 1.29 is 4.79 Å². The third-order valence-corrected chi connectivity index (χ3v) is 4.33. The van der Waals surface area contributed by atoms with E-state index >= 15 is 0 Å².